The fraction of sp³-hybridized carbons (Fsp3) is 0.457. The normalized spacial score (nSPS) is 13.2. The molecule has 2 unspecified atom stereocenters. The number of carbonyl (C=O) groups is 3. The minimum atomic E-state index is -0.947. The number of anilines is 1. The van der Waals surface area contributed by atoms with Crippen LogP contribution in [-0.4, -0.2) is 52.0 Å². The summed E-state index contributed by atoms with van der Waals surface area (Å²) >= 11 is 1.59. The summed E-state index contributed by atoms with van der Waals surface area (Å²) in [6.45, 7) is 13.3. The van der Waals surface area contributed by atoms with Gasteiger partial charge in [-0.3, -0.25) is 9.59 Å². The third kappa shape index (κ3) is 9.23. The van der Waals surface area contributed by atoms with E-state index in [1.165, 1.54) is 0 Å². The molecule has 0 saturated heterocycles. The Morgan fingerprint density at radius 1 is 0.907 bits per heavy atom. The molecule has 8 heteroatoms. The first kappa shape index (κ1) is 34.0. The van der Waals surface area contributed by atoms with Gasteiger partial charge in [-0.25, -0.2) is 4.79 Å². The molecule has 0 bridgehead atoms. The van der Waals surface area contributed by atoms with Gasteiger partial charge < -0.3 is 20.3 Å². The van der Waals surface area contributed by atoms with Crippen LogP contribution in [0, 0.1) is 0 Å². The number of ether oxygens (including phenoxy) is 1. The molecule has 2 N–H and O–H groups in total. The Hall–Kier alpha value is -3.52. The minimum absolute atomic E-state index is 0.324. The van der Waals surface area contributed by atoms with Crippen molar-refractivity contribution in [2.45, 2.75) is 91.0 Å². The van der Waals surface area contributed by atoms with Gasteiger partial charge in [-0.1, -0.05) is 68.4 Å². The first-order chi connectivity index (χ1) is 20.3. The molecule has 0 aliphatic heterocycles. The summed E-state index contributed by atoms with van der Waals surface area (Å²) < 4.78 is 5.52. The van der Waals surface area contributed by atoms with Gasteiger partial charge in [0.1, 0.15) is 17.7 Å². The molecule has 3 rings (SSSR count). The molecule has 0 heterocycles. The molecular formula is C35H47N3O4S. The van der Waals surface area contributed by atoms with Crippen LogP contribution in [0.2, 0.25) is 0 Å². The van der Waals surface area contributed by atoms with E-state index in [1.54, 1.807) is 37.4 Å². The molecule has 0 fully saturated rings. The van der Waals surface area contributed by atoms with Gasteiger partial charge in [0, 0.05) is 11.2 Å². The van der Waals surface area contributed by atoms with Crippen molar-refractivity contribution in [3.63, 3.8) is 0 Å². The van der Waals surface area contributed by atoms with Gasteiger partial charge in [0.05, 0.1) is 0 Å². The quantitative estimate of drug-likeness (QED) is 0.220. The van der Waals surface area contributed by atoms with Crippen molar-refractivity contribution in [2.75, 3.05) is 17.3 Å². The van der Waals surface area contributed by atoms with E-state index in [-0.39, 0.29) is 11.8 Å². The molecule has 43 heavy (non-hydrogen) atoms. The van der Waals surface area contributed by atoms with Crippen molar-refractivity contribution < 1.29 is 19.1 Å². The van der Waals surface area contributed by atoms with Gasteiger partial charge in [0.25, 0.3) is 5.91 Å². The molecule has 232 valence electrons. The Morgan fingerprint density at radius 3 is 2.14 bits per heavy atom. The molecule has 0 aliphatic carbocycles. The highest BCUT2D eigenvalue weighted by molar-refractivity contribution is 7.98. The van der Waals surface area contributed by atoms with E-state index in [0.717, 1.165) is 22.8 Å². The molecule has 7 nitrogen and oxygen atoms in total. The fourth-order valence-corrected chi connectivity index (χ4v) is 5.36. The van der Waals surface area contributed by atoms with Crippen LogP contribution >= 0.6 is 11.8 Å². The number of rotatable bonds is 12. The van der Waals surface area contributed by atoms with E-state index in [0.29, 0.717) is 29.8 Å². The first-order valence-corrected chi connectivity index (χ1v) is 16.4. The van der Waals surface area contributed by atoms with Gasteiger partial charge in [-0.05, 0) is 99.9 Å². The predicted octanol–water partition coefficient (Wildman–Crippen LogP) is 7.75. The summed E-state index contributed by atoms with van der Waals surface area (Å²) in [6.07, 6.45) is 3.13. The number of carbonyl (C=O) groups excluding carboxylic acids is 3. The lowest BCUT2D eigenvalue weighted by Crippen LogP contribution is -2.59. The summed E-state index contributed by atoms with van der Waals surface area (Å²) in [4.78, 5) is 43.5. The number of thioether (sulfide) groups is 1. The maximum atomic E-state index is 14.6. The number of aryl methyl sites for hydroxylation is 1. The molecule has 3 aromatic carbocycles. The molecule has 0 spiro atoms. The van der Waals surface area contributed by atoms with Crippen molar-refractivity contribution in [1.29, 1.82) is 0 Å². The molecule has 0 aliphatic rings. The van der Waals surface area contributed by atoms with Gasteiger partial charge in [0.15, 0.2) is 0 Å². The Morgan fingerprint density at radius 2 is 1.56 bits per heavy atom. The van der Waals surface area contributed by atoms with Crippen molar-refractivity contribution >= 4 is 46.1 Å². The molecule has 0 aromatic heterocycles. The second-order valence-corrected chi connectivity index (χ2v) is 13.4. The van der Waals surface area contributed by atoms with E-state index >= 15 is 0 Å². The maximum Gasteiger partial charge on any atom is 0.408 e. The highest BCUT2D eigenvalue weighted by atomic mass is 32.2. The molecule has 2 atom stereocenters. The zero-order valence-corrected chi connectivity index (χ0v) is 27.6. The first-order valence-electron chi connectivity index (χ1n) is 15.0. The Bertz CT molecular complexity index is 1400. The largest absolute Gasteiger partial charge is 0.444 e. The number of nitrogens with one attached hydrogen (secondary N) is 2. The number of nitrogens with zero attached hydrogens (tertiary/aromatic N) is 1. The highest BCUT2D eigenvalue weighted by Gasteiger charge is 2.43. The molecular weight excluding hydrogens is 558 g/mol. The van der Waals surface area contributed by atoms with E-state index in [2.05, 4.69) is 17.6 Å². The zero-order chi connectivity index (χ0) is 31.8. The lowest BCUT2D eigenvalue weighted by Gasteiger charge is -2.44. The number of fused-ring (bicyclic) bond motifs is 1. The average Bonchev–Trinajstić information content (AvgIpc) is 2.96. The SMILES string of the molecule is CCc1ccc(C(C(=O)Nc2ccc3ccccc3c2)N(C(=O)C(CCSC)NC(=O)OC(C)(C)C)C(C)(C)CC)cc1. The van der Waals surface area contributed by atoms with Crippen LogP contribution in [0.4, 0.5) is 10.5 Å². The summed E-state index contributed by atoms with van der Waals surface area (Å²) in [6, 6.07) is 19.8. The van der Waals surface area contributed by atoms with Crippen LogP contribution in [0.25, 0.3) is 10.8 Å². The fourth-order valence-electron chi connectivity index (χ4n) is 4.89. The number of alkyl carbamates (subject to hydrolysis) is 1. The smallest absolute Gasteiger partial charge is 0.408 e. The van der Waals surface area contributed by atoms with E-state index in [4.69, 9.17) is 4.74 Å². The average molecular weight is 606 g/mol. The van der Waals surface area contributed by atoms with E-state index in [1.807, 2.05) is 93.8 Å². The van der Waals surface area contributed by atoms with E-state index < -0.39 is 29.3 Å². The van der Waals surface area contributed by atoms with Crippen LogP contribution in [0.1, 0.15) is 78.5 Å². The minimum Gasteiger partial charge on any atom is -0.444 e. The van der Waals surface area contributed by atoms with Gasteiger partial charge in [-0.2, -0.15) is 11.8 Å². The Kier molecular flexibility index (Phi) is 11.7. The summed E-state index contributed by atoms with van der Waals surface area (Å²) in [5.74, 6) is -0.00793. The molecule has 3 amide bonds. The van der Waals surface area contributed by atoms with Crippen LogP contribution in [-0.2, 0) is 20.7 Å². The Balaban J connectivity index is 2.10. The number of hydrogen-bond donors (Lipinski definition) is 2. The second-order valence-electron chi connectivity index (χ2n) is 12.4. The molecule has 3 aromatic rings. The highest BCUT2D eigenvalue weighted by Crippen LogP contribution is 2.34. The van der Waals surface area contributed by atoms with Crippen molar-refractivity contribution in [2.24, 2.45) is 0 Å². The van der Waals surface area contributed by atoms with Crippen LogP contribution in [0.15, 0.2) is 66.7 Å². The summed E-state index contributed by atoms with van der Waals surface area (Å²) in [5.41, 5.74) is 1.04. The lowest BCUT2D eigenvalue weighted by atomic mass is 9.91. The number of amides is 3. The lowest BCUT2D eigenvalue weighted by molar-refractivity contribution is -0.147. The van der Waals surface area contributed by atoms with Crippen molar-refractivity contribution in [1.82, 2.24) is 10.2 Å². The van der Waals surface area contributed by atoms with Crippen LogP contribution in [0.3, 0.4) is 0 Å². The zero-order valence-electron chi connectivity index (χ0n) is 26.8. The third-order valence-corrected chi connectivity index (χ3v) is 8.23. The predicted molar refractivity (Wildman–Crippen MR) is 179 cm³/mol. The number of benzene rings is 3. The van der Waals surface area contributed by atoms with Crippen LogP contribution in [0.5, 0.6) is 0 Å². The Labute approximate surface area is 261 Å². The van der Waals surface area contributed by atoms with Gasteiger partial charge in [-0.15, -0.1) is 0 Å². The maximum absolute atomic E-state index is 14.6. The van der Waals surface area contributed by atoms with E-state index in [9.17, 15) is 14.4 Å². The summed E-state index contributed by atoms with van der Waals surface area (Å²) in [7, 11) is 0. The van der Waals surface area contributed by atoms with Crippen molar-refractivity contribution in [3.05, 3.63) is 77.9 Å². The van der Waals surface area contributed by atoms with Gasteiger partial charge >= 0.3 is 6.09 Å². The van der Waals surface area contributed by atoms with Crippen molar-refractivity contribution in [3.8, 4) is 0 Å². The summed E-state index contributed by atoms with van der Waals surface area (Å²) in [5, 5.41) is 7.99. The topological polar surface area (TPSA) is 87.7 Å². The third-order valence-electron chi connectivity index (χ3n) is 7.58. The number of hydrogen-bond acceptors (Lipinski definition) is 5. The molecule has 0 radical (unpaired) electrons. The molecule has 0 saturated carbocycles. The monoisotopic (exact) mass is 605 g/mol. The second kappa shape index (κ2) is 14.8. The van der Waals surface area contributed by atoms with Gasteiger partial charge in [0.2, 0.25) is 5.91 Å². The standard InChI is InChI=1S/C35H47N3O4S/c1-9-24-15-17-26(18-16-24)30(31(39)36-28-20-19-25-13-11-12-14-27(25)23-28)38(35(6,7)10-2)32(40)29(21-22-43-8)37-33(41)42-34(3,4)5/h11-20,23,29-30H,9-10,21-22H2,1-8H3,(H,36,39)(H,37,41). The van der Waals surface area contributed by atoms with Crippen LogP contribution < -0.4 is 10.6 Å².